The summed E-state index contributed by atoms with van der Waals surface area (Å²) < 4.78 is 12.8. The molecule has 4 rings (SSSR count). The molecule has 1 saturated heterocycles. The van der Waals surface area contributed by atoms with Gasteiger partial charge in [0.25, 0.3) is 0 Å². The van der Waals surface area contributed by atoms with Crippen LogP contribution in [0.15, 0.2) is 36.5 Å². The van der Waals surface area contributed by atoms with Crippen LogP contribution < -0.4 is 15.0 Å². The van der Waals surface area contributed by atoms with Gasteiger partial charge in [0.15, 0.2) is 11.5 Å². The van der Waals surface area contributed by atoms with Gasteiger partial charge in [-0.15, -0.1) is 0 Å². The van der Waals surface area contributed by atoms with Crippen LogP contribution in [-0.2, 0) is 16.0 Å². The van der Waals surface area contributed by atoms with Crippen molar-refractivity contribution in [1.82, 2.24) is 24.8 Å². The smallest absolute Gasteiger partial charge is 0.420 e. The van der Waals surface area contributed by atoms with Crippen molar-refractivity contribution in [3.63, 3.8) is 0 Å². The fraction of sp³-hybridized carbons (Fsp3) is 0.516. The second-order valence-electron chi connectivity index (χ2n) is 12.8. The fourth-order valence-electron chi connectivity index (χ4n) is 5.64. The van der Waals surface area contributed by atoms with Crippen LogP contribution in [-0.4, -0.2) is 73.5 Å². The van der Waals surface area contributed by atoms with Gasteiger partial charge in [0.05, 0.1) is 31.0 Å². The molecule has 0 saturated carbocycles. The molecule has 12 nitrogen and oxygen atoms in total. The van der Waals surface area contributed by atoms with Crippen molar-refractivity contribution in [2.75, 3.05) is 18.1 Å². The number of carbonyl (C=O) groups excluding carboxylic acids is 2. The molecule has 0 bridgehead atoms. The Morgan fingerprint density at radius 2 is 1.80 bits per heavy atom. The van der Waals surface area contributed by atoms with Gasteiger partial charge in [-0.05, 0) is 70.2 Å². The number of ether oxygens (including phenoxy) is 2. The van der Waals surface area contributed by atoms with Gasteiger partial charge in [0.1, 0.15) is 16.5 Å². The lowest BCUT2D eigenvalue weighted by atomic mass is 9.77. The van der Waals surface area contributed by atoms with Crippen molar-refractivity contribution in [3.05, 3.63) is 47.2 Å². The van der Waals surface area contributed by atoms with E-state index in [-0.39, 0.29) is 23.0 Å². The summed E-state index contributed by atoms with van der Waals surface area (Å²) in [6.07, 6.45) is 0.762. The molecule has 2 aromatic heterocycles. The topological polar surface area (TPSA) is 139 Å². The van der Waals surface area contributed by atoms with Gasteiger partial charge in [-0.25, -0.2) is 19.5 Å². The van der Waals surface area contributed by atoms with Crippen LogP contribution in [0.5, 0.6) is 5.75 Å². The first-order chi connectivity index (χ1) is 20.6. The first-order valence-corrected chi connectivity index (χ1v) is 15.1. The SMILES string of the molecule is CCOc1ccc(N(C(=O)OC(C)(C)C)c2c(CC(=O)NC3CCCN(C(=O)O)C3C(C)(C)C)c(Cl)nc3ccnn23)cc1. The van der Waals surface area contributed by atoms with Crippen molar-refractivity contribution >= 4 is 46.8 Å². The average Bonchev–Trinajstić information content (AvgIpc) is 3.37. The summed E-state index contributed by atoms with van der Waals surface area (Å²) in [5.74, 6) is 0.416. The van der Waals surface area contributed by atoms with Gasteiger partial charge in [-0.2, -0.15) is 9.61 Å². The van der Waals surface area contributed by atoms with E-state index in [0.717, 1.165) is 0 Å². The Labute approximate surface area is 262 Å². The molecule has 44 heavy (non-hydrogen) atoms. The highest BCUT2D eigenvalue weighted by atomic mass is 35.5. The quantitative estimate of drug-likeness (QED) is 0.301. The number of benzene rings is 1. The molecule has 1 aliphatic rings. The zero-order chi connectivity index (χ0) is 32.4. The molecule has 1 aliphatic heterocycles. The average molecular weight is 629 g/mol. The standard InChI is InChI=1S/C31H41ClN6O6/c1-8-43-20-13-11-19(12-14-20)37(29(42)44-31(5,6)7)27-21(26(32)35-23-15-16-33-38(23)27)18-24(39)34-22-10-9-17-36(28(40)41)25(22)30(2,3)4/h11-16,22,25H,8-10,17-18H2,1-7H3,(H,34,39)(H,40,41). The van der Waals surface area contributed by atoms with E-state index in [0.29, 0.717) is 43.1 Å². The van der Waals surface area contributed by atoms with E-state index in [1.807, 2.05) is 27.7 Å². The normalized spacial score (nSPS) is 17.3. The molecule has 13 heteroatoms. The van der Waals surface area contributed by atoms with E-state index < -0.39 is 41.2 Å². The fourth-order valence-corrected chi connectivity index (χ4v) is 5.88. The number of rotatable bonds is 7. The van der Waals surface area contributed by atoms with Crippen molar-refractivity contribution in [2.45, 2.75) is 85.4 Å². The number of anilines is 2. The third-order valence-electron chi connectivity index (χ3n) is 7.20. The highest BCUT2D eigenvalue weighted by molar-refractivity contribution is 6.31. The number of carbonyl (C=O) groups is 3. The Bertz CT molecular complexity index is 1510. The maximum atomic E-state index is 13.9. The number of aromatic nitrogens is 3. The second-order valence-corrected chi connectivity index (χ2v) is 13.2. The zero-order valence-corrected chi connectivity index (χ0v) is 27.0. The van der Waals surface area contributed by atoms with E-state index in [9.17, 15) is 19.5 Å². The molecule has 238 valence electrons. The Kier molecular flexibility index (Phi) is 9.62. The second kappa shape index (κ2) is 12.9. The number of halogens is 1. The molecule has 0 aliphatic carbocycles. The predicted molar refractivity (Wildman–Crippen MR) is 167 cm³/mol. The van der Waals surface area contributed by atoms with Crippen molar-refractivity contribution < 1.29 is 29.0 Å². The number of hydrogen-bond donors (Lipinski definition) is 2. The van der Waals surface area contributed by atoms with Crippen molar-refractivity contribution in [1.29, 1.82) is 0 Å². The zero-order valence-electron chi connectivity index (χ0n) is 26.3. The predicted octanol–water partition coefficient (Wildman–Crippen LogP) is 6.07. The van der Waals surface area contributed by atoms with Crippen LogP contribution in [0, 0.1) is 5.41 Å². The summed E-state index contributed by atoms with van der Waals surface area (Å²) in [5, 5.41) is 17.4. The largest absolute Gasteiger partial charge is 0.494 e. The van der Waals surface area contributed by atoms with Crippen LogP contribution in [0.1, 0.15) is 66.9 Å². The van der Waals surface area contributed by atoms with E-state index in [2.05, 4.69) is 15.4 Å². The number of nitrogens with one attached hydrogen (secondary N) is 1. The molecular weight excluding hydrogens is 588 g/mol. The lowest BCUT2D eigenvalue weighted by molar-refractivity contribution is -0.122. The van der Waals surface area contributed by atoms with E-state index in [1.165, 1.54) is 20.5 Å². The third kappa shape index (κ3) is 7.35. The van der Waals surface area contributed by atoms with Crippen LogP contribution >= 0.6 is 11.6 Å². The number of amides is 3. The number of carboxylic acid groups (broad SMARTS) is 1. The molecule has 2 atom stereocenters. The molecule has 3 heterocycles. The Balaban J connectivity index is 1.78. The molecular formula is C31H41ClN6O6. The van der Waals surface area contributed by atoms with E-state index in [4.69, 9.17) is 21.1 Å². The van der Waals surface area contributed by atoms with Gasteiger partial charge >= 0.3 is 12.2 Å². The van der Waals surface area contributed by atoms with Gasteiger partial charge in [0, 0.05) is 24.2 Å². The van der Waals surface area contributed by atoms with Crippen LogP contribution in [0.4, 0.5) is 21.1 Å². The minimum Gasteiger partial charge on any atom is -0.494 e. The first-order valence-electron chi connectivity index (χ1n) is 14.7. The van der Waals surface area contributed by atoms with Crippen LogP contribution in [0.25, 0.3) is 5.65 Å². The maximum Gasteiger partial charge on any atom is 0.420 e. The third-order valence-corrected chi connectivity index (χ3v) is 7.51. The number of fused-ring (bicyclic) bond motifs is 1. The lowest BCUT2D eigenvalue weighted by Crippen LogP contribution is -2.61. The monoisotopic (exact) mass is 628 g/mol. The van der Waals surface area contributed by atoms with Crippen LogP contribution in [0.2, 0.25) is 5.15 Å². The lowest BCUT2D eigenvalue weighted by Gasteiger charge is -2.46. The molecule has 2 unspecified atom stereocenters. The Hall–Kier alpha value is -4.06. The minimum absolute atomic E-state index is 0.0193. The summed E-state index contributed by atoms with van der Waals surface area (Å²) in [5.41, 5.74) is -0.224. The highest BCUT2D eigenvalue weighted by Gasteiger charge is 2.42. The summed E-state index contributed by atoms with van der Waals surface area (Å²) in [6.45, 7) is 13.9. The molecule has 3 aromatic rings. The Morgan fingerprint density at radius 3 is 2.39 bits per heavy atom. The maximum absolute atomic E-state index is 13.9. The number of nitrogens with zero attached hydrogens (tertiary/aromatic N) is 5. The summed E-state index contributed by atoms with van der Waals surface area (Å²) >= 11 is 6.74. The van der Waals surface area contributed by atoms with Gasteiger partial charge in [-0.1, -0.05) is 32.4 Å². The highest BCUT2D eigenvalue weighted by Crippen LogP contribution is 2.36. The number of piperidine rings is 1. The summed E-state index contributed by atoms with van der Waals surface area (Å²) in [4.78, 5) is 46.8. The van der Waals surface area contributed by atoms with Crippen molar-refractivity contribution in [2.24, 2.45) is 5.41 Å². The molecule has 2 N–H and O–H groups in total. The molecule has 1 fully saturated rings. The van der Waals surface area contributed by atoms with Gasteiger partial charge in [0.2, 0.25) is 5.91 Å². The Morgan fingerprint density at radius 1 is 1.11 bits per heavy atom. The number of likely N-dealkylation sites (tertiary alicyclic amines) is 1. The minimum atomic E-state index is -1.02. The van der Waals surface area contributed by atoms with E-state index in [1.54, 1.807) is 51.1 Å². The number of hydrogen-bond acceptors (Lipinski definition) is 7. The first kappa shape index (κ1) is 32.8. The van der Waals surface area contributed by atoms with Crippen molar-refractivity contribution in [3.8, 4) is 5.75 Å². The summed E-state index contributed by atoms with van der Waals surface area (Å²) in [6, 6.07) is 7.65. The van der Waals surface area contributed by atoms with Gasteiger partial charge < -0.3 is 24.8 Å². The molecule has 0 radical (unpaired) electrons. The molecule has 0 spiro atoms. The molecule has 3 amide bonds. The van der Waals surface area contributed by atoms with E-state index >= 15 is 0 Å². The molecule has 1 aromatic carbocycles. The summed E-state index contributed by atoms with van der Waals surface area (Å²) in [7, 11) is 0. The van der Waals surface area contributed by atoms with Gasteiger partial charge in [-0.3, -0.25) is 4.79 Å². The van der Waals surface area contributed by atoms with Crippen LogP contribution in [0.3, 0.4) is 0 Å².